The van der Waals surface area contributed by atoms with E-state index in [4.69, 9.17) is 9.47 Å². The second-order valence-electron chi connectivity index (χ2n) is 4.86. The van der Waals surface area contributed by atoms with Gasteiger partial charge in [-0.25, -0.2) is 5.43 Å². The Labute approximate surface area is 148 Å². The number of carbonyl (C=O) groups is 1. The van der Waals surface area contributed by atoms with Gasteiger partial charge in [0, 0.05) is 4.47 Å². The first-order chi connectivity index (χ1) is 11.5. The van der Waals surface area contributed by atoms with Crippen molar-refractivity contribution in [2.75, 3.05) is 13.7 Å². The number of nitrogens with one attached hydrogen (secondary N) is 1. The smallest absolute Gasteiger partial charge is 0.277 e. The van der Waals surface area contributed by atoms with E-state index in [0.29, 0.717) is 17.2 Å². The van der Waals surface area contributed by atoms with Crippen LogP contribution in [-0.2, 0) is 4.79 Å². The normalized spacial score (nSPS) is 11.0. The SMILES string of the molecule is COc1cc(Br)ccc1OCC(=O)N/N=C(\C)c1ccc(O)cc1. The summed E-state index contributed by atoms with van der Waals surface area (Å²) in [5.74, 6) is 0.779. The molecule has 2 aromatic carbocycles. The third-order valence-electron chi connectivity index (χ3n) is 3.12. The zero-order valence-electron chi connectivity index (χ0n) is 13.2. The fourth-order valence-electron chi connectivity index (χ4n) is 1.85. The lowest BCUT2D eigenvalue weighted by molar-refractivity contribution is -0.123. The highest BCUT2D eigenvalue weighted by atomic mass is 79.9. The molecule has 0 fully saturated rings. The summed E-state index contributed by atoms with van der Waals surface area (Å²) >= 11 is 3.34. The molecule has 0 bridgehead atoms. The molecule has 0 spiro atoms. The predicted octanol–water partition coefficient (Wildman–Crippen LogP) is 3.08. The molecule has 0 atom stereocenters. The highest BCUT2D eigenvalue weighted by Gasteiger charge is 2.08. The van der Waals surface area contributed by atoms with Crippen molar-refractivity contribution in [2.45, 2.75) is 6.92 Å². The number of hydrogen-bond donors (Lipinski definition) is 2. The Morgan fingerprint density at radius 2 is 1.92 bits per heavy atom. The van der Waals surface area contributed by atoms with Crippen LogP contribution in [-0.4, -0.2) is 30.4 Å². The number of phenols is 1. The molecule has 7 heteroatoms. The molecule has 0 unspecified atom stereocenters. The van der Waals surface area contributed by atoms with Crippen molar-refractivity contribution in [1.29, 1.82) is 0 Å². The van der Waals surface area contributed by atoms with Crippen molar-refractivity contribution in [3.63, 3.8) is 0 Å². The average molecular weight is 393 g/mol. The third-order valence-corrected chi connectivity index (χ3v) is 3.61. The van der Waals surface area contributed by atoms with Crippen LogP contribution in [0.2, 0.25) is 0 Å². The van der Waals surface area contributed by atoms with Crippen molar-refractivity contribution in [3.05, 3.63) is 52.5 Å². The average Bonchev–Trinajstić information content (AvgIpc) is 2.59. The van der Waals surface area contributed by atoms with E-state index < -0.39 is 5.91 Å². The van der Waals surface area contributed by atoms with Gasteiger partial charge in [0.05, 0.1) is 12.8 Å². The van der Waals surface area contributed by atoms with Crippen molar-refractivity contribution in [3.8, 4) is 17.2 Å². The molecule has 2 N–H and O–H groups in total. The maximum Gasteiger partial charge on any atom is 0.277 e. The molecule has 0 saturated carbocycles. The summed E-state index contributed by atoms with van der Waals surface area (Å²) in [5, 5.41) is 13.3. The largest absolute Gasteiger partial charge is 0.508 e. The predicted molar refractivity (Wildman–Crippen MR) is 94.6 cm³/mol. The molecule has 126 valence electrons. The number of ether oxygens (including phenoxy) is 2. The molecule has 24 heavy (non-hydrogen) atoms. The fraction of sp³-hybridized carbons (Fsp3) is 0.176. The van der Waals surface area contributed by atoms with Gasteiger partial charge in [0.1, 0.15) is 5.75 Å². The van der Waals surface area contributed by atoms with Gasteiger partial charge in [0.2, 0.25) is 0 Å². The number of carbonyl (C=O) groups excluding carboxylic acids is 1. The van der Waals surface area contributed by atoms with Crippen LogP contribution in [0.5, 0.6) is 17.2 Å². The molecule has 0 heterocycles. The molecule has 0 saturated heterocycles. The fourth-order valence-corrected chi connectivity index (χ4v) is 2.19. The van der Waals surface area contributed by atoms with Gasteiger partial charge in [-0.1, -0.05) is 15.9 Å². The number of nitrogens with zero attached hydrogens (tertiary/aromatic N) is 1. The minimum Gasteiger partial charge on any atom is -0.508 e. The van der Waals surface area contributed by atoms with Gasteiger partial charge in [0.25, 0.3) is 5.91 Å². The topological polar surface area (TPSA) is 80.2 Å². The summed E-state index contributed by atoms with van der Waals surface area (Å²) in [4.78, 5) is 11.8. The maximum absolute atomic E-state index is 11.8. The maximum atomic E-state index is 11.8. The van der Waals surface area contributed by atoms with Crippen LogP contribution >= 0.6 is 15.9 Å². The monoisotopic (exact) mass is 392 g/mol. The Bertz CT molecular complexity index is 745. The highest BCUT2D eigenvalue weighted by molar-refractivity contribution is 9.10. The highest BCUT2D eigenvalue weighted by Crippen LogP contribution is 2.30. The minimum absolute atomic E-state index is 0.174. The molecule has 1 amide bonds. The number of phenolic OH excluding ortho intramolecular Hbond substituents is 1. The van der Waals surface area contributed by atoms with Gasteiger partial charge in [-0.15, -0.1) is 0 Å². The van der Waals surface area contributed by atoms with E-state index in [0.717, 1.165) is 10.0 Å². The number of halogens is 1. The summed E-state index contributed by atoms with van der Waals surface area (Å²) in [6.45, 7) is 1.57. The zero-order chi connectivity index (χ0) is 17.5. The Morgan fingerprint density at radius 3 is 2.58 bits per heavy atom. The zero-order valence-corrected chi connectivity index (χ0v) is 14.8. The van der Waals surface area contributed by atoms with Gasteiger partial charge in [0.15, 0.2) is 18.1 Å². The van der Waals surface area contributed by atoms with Crippen LogP contribution in [0.1, 0.15) is 12.5 Å². The van der Waals surface area contributed by atoms with Gasteiger partial charge < -0.3 is 14.6 Å². The van der Waals surface area contributed by atoms with Crippen LogP contribution in [0, 0.1) is 0 Å². The summed E-state index contributed by atoms with van der Waals surface area (Å²) in [7, 11) is 1.53. The van der Waals surface area contributed by atoms with Crippen LogP contribution in [0.4, 0.5) is 0 Å². The van der Waals surface area contributed by atoms with Crippen LogP contribution in [0.3, 0.4) is 0 Å². The molecular weight excluding hydrogens is 376 g/mol. The van der Waals surface area contributed by atoms with E-state index in [9.17, 15) is 9.90 Å². The molecule has 0 aliphatic heterocycles. The summed E-state index contributed by atoms with van der Waals surface area (Å²) in [6, 6.07) is 11.8. The second kappa shape index (κ2) is 8.35. The quantitative estimate of drug-likeness (QED) is 0.584. The van der Waals surface area contributed by atoms with E-state index in [1.54, 1.807) is 49.4 Å². The summed E-state index contributed by atoms with van der Waals surface area (Å²) in [6.07, 6.45) is 0. The number of hydrogen-bond acceptors (Lipinski definition) is 5. The Kier molecular flexibility index (Phi) is 6.20. The van der Waals surface area contributed by atoms with Gasteiger partial charge in [-0.3, -0.25) is 4.79 Å². The second-order valence-corrected chi connectivity index (χ2v) is 5.78. The van der Waals surface area contributed by atoms with E-state index in [-0.39, 0.29) is 12.4 Å². The minimum atomic E-state index is -0.391. The Hall–Kier alpha value is -2.54. The number of rotatable bonds is 6. The molecule has 0 aliphatic carbocycles. The van der Waals surface area contributed by atoms with Crippen molar-refractivity contribution in [1.82, 2.24) is 5.43 Å². The molecule has 6 nitrogen and oxygen atoms in total. The van der Waals surface area contributed by atoms with Crippen LogP contribution in [0.15, 0.2) is 52.0 Å². The van der Waals surface area contributed by atoms with Gasteiger partial charge in [-0.2, -0.15) is 5.10 Å². The molecule has 2 rings (SSSR count). The number of amides is 1. The summed E-state index contributed by atoms with van der Waals surface area (Å²) in [5.41, 5.74) is 3.84. The summed E-state index contributed by atoms with van der Waals surface area (Å²) < 4.78 is 11.5. The lowest BCUT2D eigenvalue weighted by Gasteiger charge is -2.10. The van der Waals surface area contributed by atoms with Crippen LogP contribution < -0.4 is 14.9 Å². The Balaban J connectivity index is 1.91. The lowest BCUT2D eigenvalue weighted by atomic mass is 10.1. The Morgan fingerprint density at radius 1 is 1.21 bits per heavy atom. The standard InChI is InChI=1S/C17H17BrN2O4/c1-11(12-3-6-14(21)7-4-12)19-20-17(22)10-24-15-8-5-13(18)9-16(15)23-2/h3-9,21H,10H2,1-2H3,(H,20,22)/b19-11+. The number of benzene rings is 2. The first-order valence-corrected chi connectivity index (χ1v) is 7.88. The lowest BCUT2D eigenvalue weighted by Crippen LogP contribution is -2.25. The van der Waals surface area contributed by atoms with Crippen molar-refractivity contribution >= 4 is 27.5 Å². The first-order valence-electron chi connectivity index (χ1n) is 7.08. The van der Waals surface area contributed by atoms with Crippen LogP contribution in [0.25, 0.3) is 0 Å². The molecule has 0 aliphatic rings. The third kappa shape index (κ3) is 4.99. The number of methoxy groups -OCH3 is 1. The molecule has 0 aromatic heterocycles. The van der Waals surface area contributed by atoms with Crippen molar-refractivity contribution < 1.29 is 19.4 Å². The first kappa shape index (κ1) is 17.8. The van der Waals surface area contributed by atoms with Gasteiger partial charge in [-0.05, 0) is 55.0 Å². The number of aromatic hydroxyl groups is 1. The molecule has 0 radical (unpaired) electrons. The molecule has 2 aromatic rings. The van der Waals surface area contributed by atoms with Crippen molar-refractivity contribution in [2.24, 2.45) is 5.10 Å². The van der Waals surface area contributed by atoms with E-state index in [1.165, 1.54) is 7.11 Å². The van der Waals surface area contributed by atoms with Gasteiger partial charge >= 0.3 is 0 Å². The number of hydrazone groups is 1. The molecular formula is C17H17BrN2O4. The van der Waals surface area contributed by atoms with E-state index in [1.807, 2.05) is 0 Å². The van der Waals surface area contributed by atoms with E-state index in [2.05, 4.69) is 26.5 Å². The van der Waals surface area contributed by atoms with E-state index >= 15 is 0 Å².